The predicted octanol–water partition coefficient (Wildman–Crippen LogP) is 4.56. The molecule has 0 saturated carbocycles. The molecule has 12 nitrogen and oxygen atoms in total. The molecule has 0 aliphatic heterocycles. The average molecular weight is 567 g/mol. The van der Waals surface area contributed by atoms with Crippen molar-refractivity contribution in [3.05, 3.63) is 36.2 Å². The molecule has 0 unspecified atom stereocenters. The molecule has 0 bridgehead atoms. The van der Waals surface area contributed by atoms with E-state index in [1.165, 1.54) is 12.4 Å². The van der Waals surface area contributed by atoms with Crippen molar-refractivity contribution in [3.63, 3.8) is 0 Å². The molecule has 2 amide bonds. The highest BCUT2D eigenvalue weighted by Crippen LogP contribution is 2.12. The lowest BCUT2D eigenvalue weighted by molar-refractivity contribution is -0.122. The van der Waals surface area contributed by atoms with Gasteiger partial charge in [-0.15, -0.1) is 0 Å². The summed E-state index contributed by atoms with van der Waals surface area (Å²) in [7, 11) is 0. The van der Waals surface area contributed by atoms with E-state index in [0.717, 1.165) is 6.42 Å². The van der Waals surface area contributed by atoms with E-state index in [2.05, 4.69) is 30.8 Å². The number of anilines is 2. The molecule has 41 heavy (non-hydrogen) atoms. The van der Waals surface area contributed by atoms with Crippen molar-refractivity contribution in [2.45, 2.75) is 81.6 Å². The van der Waals surface area contributed by atoms with Crippen molar-refractivity contribution in [1.82, 2.24) is 30.8 Å². The topological polar surface area (TPSA) is 164 Å². The van der Waals surface area contributed by atoms with Gasteiger partial charge < -0.3 is 0 Å². The maximum atomic E-state index is 11.9. The number of hydrogen-bond acceptors (Lipinski definition) is 10. The third kappa shape index (κ3) is 15.8. The number of nitrogens with zero attached hydrogens (tertiary/aromatic N) is 8. The summed E-state index contributed by atoms with van der Waals surface area (Å²) in [6, 6.07) is 7.15. The number of hydrogen-bond donors (Lipinski definition) is 2. The van der Waals surface area contributed by atoms with Crippen LogP contribution in [-0.2, 0) is 9.59 Å². The van der Waals surface area contributed by atoms with Crippen LogP contribution in [-0.4, -0.2) is 44.8 Å². The summed E-state index contributed by atoms with van der Waals surface area (Å²) in [4.78, 5) is 39.5. The highest BCUT2D eigenvalue weighted by Gasteiger charge is 2.15. The third-order valence-electron chi connectivity index (χ3n) is 4.72. The van der Waals surface area contributed by atoms with Crippen molar-refractivity contribution in [1.29, 1.82) is 10.5 Å². The molecule has 2 aromatic rings. The van der Waals surface area contributed by atoms with Gasteiger partial charge in [0.15, 0.2) is 11.6 Å². The first-order valence-corrected chi connectivity index (χ1v) is 14.1. The number of hydrazine groups is 2. The molecule has 0 atom stereocenters. The first-order chi connectivity index (χ1) is 19.5. The summed E-state index contributed by atoms with van der Waals surface area (Å²) in [6.45, 7) is 19.4. The number of aromatic nitrogens is 4. The van der Waals surface area contributed by atoms with E-state index in [1.54, 1.807) is 22.2 Å². The molecule has 0 aliphatic rings. The van der Waals surface area contributed by atoms with Crippen LogP contribution in [0.4, 0.5) is 11.6 Å². The molecular formula is C29H46N10O2. The summed E-state index contributed by atoms with van der Waals surface area (Å²) < 4.78 is 0. The van der Waals surface area contributed by atoms with Gasteiger partial charge in [-0.2, -0.15) is 20.5 Å². The maximum absolute atomic E-state index is 11.9. The standard InChI is InChI=1S/C14H21N5O.C13H19N5O.C2H6/c1-10(2)7-14(20)18-19(9-11(3)4)13-5-6-16-12(8-15)17-13;1-4-5-13(19)17-18(9-10(2)3)12-6-7-15-11(8-14)16-12;1-2/h5-6,10-11H,7,9H2,1-4H3,(H,18,20);6-7,10H,4-5,9H2,1-3H3,(H,17,19);1-2H3. The van der Waals surface area contributed by atoms with Crippen LogP contribution < -0.4 is 20.9 Å². The average Bonchev–Trinajstić information content (AvgIpc) is 2.93. The lowest BCUT2D eigenvalue weighted by Gasteiger charge is -2.26. The van der Waals surface area contributed by atoms with Crippen molar-refractivity contribution < 1.29 is 9.59 Å². The molecule has 2 heterocycles. The number of rotatable bonds is 12. The first-order valence-electron chi connectivity index (χ1n) is 14.1. The fraction of sp³-hybridized carbons (Fsp3) is 0.586. The largest absolute Gasteiger partial charge is 0.273 e. The molecule has 2 rings (SSSR count). The van der Waals surface area contributed by atoms with Crippen LogP contribution in [0, 0.1) is 40.4 Å². The van der Waals surface area contributed by atoms with Crippen LogP contribution in [0.25, 0.3) is 0 Å². The molecule has 2 N–H and O–H groups in total. The van der Waals surface area contributed by atoms with Gasteiger partial charge in [-0.25, -0.2) is 9.97 Å². The number of nitrogens with one attached hydrogen (secondary N) is 2. The van der Waals surface area contributed by atoms with E-state index in [1.807, 2.05) is 74.5 Å². The van der Waals surface area contributed by atoms with Gasteiger partial charge in [0.25, 0.3) is 0 Å². The van der Waals surface area contributed by atoms with E-state index < -0.39 is 0 Å². The molecule has 0 aromatic carbocycles. The zero-order valence-electron chi connectivity index (χ0n) is 26.0. The minimum absolute atomic E-state index is 0.0553. The van der Waals surface area contributed by atoms with Crippen molar-refractivity contribution in [3.8, 4) is 12.1 Å². The molecule has 0 saturated heterocycles. The monoisotopic (exact) mass is 566 g/mol. The number of nitriles is 2. The Bertz CT molecular complexity index is 1140. The van der Waals surface area contributed by atoms with Gasteiger partial charge >= 0.3 is 0 Å². The van der Waals surface area contributed by atoms with E-state index in [-0.39, 0.29) is 29.4 Å². The Morgan fingerprint density at radius 2 is 1.20 bits per heavy atom. The van der Waals surface area contributed by atoms with Crippen LogP contribution in [0.15, 0.2) is 24.5 Å². The molecule has 2 aromatic heterocycles. The smallest absolute Gasteiger partial charge is 0.238 e. The van der Waals surface area contributed by atoms with E-state index in [9.17, 15) is 9.59 Å². The fourth-order valence-electron chi connectivity index (χ4n) is 3.23. The zero-order valence-corrected chi connectivity index (χ0v) is 26.0. The second-order valence-electron chi connectivity index (χ2n) is 10.1. The quantitative estimate of drug-likeness (QED) is 0.348. The summed E-state index contributed by atoms with van der Waals surface area (Å²) in [5.41, 5.74) is 5.65. The highest BCUT2D eigenvalue weighted by molar-refractivity contribution is 5.78. The Kier molecular flexibility index (Phi) is 18.4. The molecule has 0 spiro atoms. The summed E-state index contributed by atoms with van der Waals surface area (Å²) in [5, 5.41) is 21.0. The van der Waals surface area contributed by atoms with Crippen LogP contribution in [0.5, 0.6) is 0 Å². The lowest BCUT2D eigenvalue weighted by atomic mass is 10.1. The van der Waals surface area contributed by atoms with Gasteiger partial charge in [-0.1, -0.05) is 62.3 Å². The SMILES string of the molecule is CC.CC(C)CC(=O)NN(CC(C)C)c1ccnc(C#N)n1.CCCC(=O)NN(CC(C)C)c1ccnc(C#N)n1. The third-order valence-corrected chi connectivity index (χ3v) is 4.72. The fourth-order valence-corrected chi connectivity index (χ4v) is 3.23. The first kappa shape index (κ1) is 36.7. The predicted molar refractivity (Wildman–Crippen MR) is 160 cm³/mol. The van der Waals surface area contributed by atoms with E-state index >= 15 is 0 Å². The lowest BCUT2D eigenvalue weighted by Crippen LogP contribution is -2.45. The van der Waals surface area contributed by atoms with Crippen LogP contribution in [0.2, 0.25) is 0 Å². The molecule has 0 fully saturated rings. The summed E-state index contributed by atoms with van der Waals surface area (Å²) >= 11 is 0. The molecule has 12 heteroatoms. The van der Waals surface area contributed by atoms with Gasteiger partial charge in [0.05, 0.1) is 0 Å². The molecule has 224 valence electrons. The van der Waals surface area contributed by atoms with E-state index in [0.29, 0.717) is 49.4 Å². The minimum Gasteiger partial charge on any atom is -0.273 e. The van der Waals surface area contributed by atoms with E-state index in [4.69, 9.17) is 10.5 Å². The Morgan fingerprint density at radius 3 is 1.54 bits per heavy atom. The summed E-state index contributed by atoms with van der Waals surface area (Å²) in [6.07, 6.45) is 4.73. The van der Waals surface area contributed by atoms with Gasteiger partial charge in [-0.05, 0) is 24.2 Å². The van der Waals surface area contributed by atoms with Gasteiger partial charge in [0.2, 0.25) is 23.5 Å². The van der Waals surface area contributed by atoms with Crippen molar-refractivity contribution in [2.24, 2.45) is 17.8 Å². The van der Waals surface area contributed by atoms with Crippen LogP contribution >= 0.6 is 0 Å². The molecule has 0 aliphatic carbocycles. The minimum atomic E-state index is -0.0576. The number of carbonyl (C=O) groups is 2. The van der Waals surface area contributed by atoms with Crippen molar-refractivity contribution in [2.75, 3.05) is 23.1 Å². The Morgan fingerprint density at radius 1 is 0.780 bits per heavy atom. The Balaban J connectivity index is 0.000000737. The number of amides is 2. The second-order valence-corrected chi connectivity index (χ2v) is 10.1. The number of carbonyl (C=O) groups excluding carboxylic acids is 2. The van der Waals surface area contributed by atoms with Gasteiger partial charge in [0, 0.05) is 50.5 Å². The highest BCUT2D eigenvalue weighted by atomic mass is 16.2. The van der Waals surface area contributed by atoms with Gasteiger partial charge in [-0.3, -0.25) is 30.5 Å². The Hall–Kier alpha value is -4.32. The molecular weight excluding hydrogens is 520 g/mol. The second kappa shape index (κ2) is 20.6. The maximum Gasteiger partial charge on any atom is 0.238 e. The molecule has 0 radical (unpaired) electrons. The van der Waals surface area contributed by atoms with Crippen LogP contribution in [0.3, 0.4) is 0 Å². The van der Waals surface area contributed by atoms with Crippen LogP contribution in [0.1, 0.15) is 93.2 Å². The van der Waals surface area contributed by atoms with Gasteiger partial charge in [0.1, 0.15) is 12.1 Å². The Labute approximate surface area is 245 Å². The normalized spacial score (nSPS) is 9.90. The van der Waals surface area contributed by atoms with Crippen molar-refractivity contribution >= 4 is 23.5 Å². The summed E-state index contributed by atoms with van der Waals surface area (Å²) in [5.74, 6) is 2.11. The zero-order chi connectivity index (χ0) is 31.4.